The van der Waals surface area contributed by atoms with Crippen molar-refractivity contribution in [3.05, 3.63) is 71.4 Å². The maximum Gasteiger partial charge on any atom is 0.328 e. The van der Waals surface area contributed by atoms with Crippen molar-refractivity contribution in [2.75, 3.05) is 16.8 Å². The van der Waals surface area contributed by atoms with Crippen LogP contribution in [0.15, 0.2) is 60.8 Å². The highest BCUT2D eigenvalue weighted by molar-refractivity contribution is 6.30. The summed E-state index contributed by atoms with van der Waals surface area (Å²) >= 11 is 6.09. The van der Waals surface area contributed by atoms with E-state index in [1.807, 2.05) is 12.1 Å². The fourth-order valence-electron chi connectivity index (χ4n) is 3.13. The second-order valence-electron chi connectivity index (χ2n) is 6.40. The molecule has 4 rings (SSSR count). The number of Topliss-reactive ketones (excluding diaryl/α,β-unsaturated/α-hetero) is 1. The van der Waals surface area contributed by atoms with Crippen molar-refractivity contribution in [2.45, 2.75) is 12.8 Å². The Kier molecular flexibility index (Phi) is 5.04. The van der Waals surface area contributed by atoms with Crippen LogP contribution in [-0.4, -0.2) is 28.3 Å². The zero-order valence-electron chi connectivity index (χ0n) is 14.9. The highest BCUT2D eigenvalue weighted by atomic mass is 35.5. The van der Waals surface area contributed by atoms with Crippen LogP contribution in [0.1, 0.15) is 23.2 Å². The number of amides is 2. The summed E-state index contributed by atoms with van der Waals surface area (Å²) in [4.78, 5) is 35.7. The average Bonchev–Trinajstić information content (AvgIpc) is 2.87. The molecule has 7 heteroatoms. The van der Waals surface area contributed by atoms with Gasteiger partial charge in [-0.1, -0.05) is 29.8 Å². The third-order valence-electron chi connectivity index (χ3n) is 4.48. The van der Waals surface area contributed by atoms with Crippen LogP contribution in [0.2, 0.25) is 5.02 Å². The Morgan fingerprint density at radius 2 is 2.00 bits per heavy atom. The van der Waals surface area contributed by atoms with E-state index in [0.29, 0.717) is 47.3 Å². The fraction of sp³-hybridized carbons (Fsp3) is 0.143. The molecule has 0 spiro atoms. The second-order valence-corrected chi connectivity index (χ2v) is 6.84. The lowest BCUT2D eigenvalue weighted by Crippen LogP contribution is -2.36. The molecule has 1 N–H and O–H groups in total. The number of nitrogens with one attached hydrogen (secondary N) is 1. The topological polar surface area (TPSA) is 75.2 Å². The standard InChI is InChI=1S/C21H17ClN4O2/c22-15-6-3-5-14(13-15)17-10-9-16-18(27)7-4-12-26(20(16)24-17)21(28)25-19-8-1-2-11-23-19/h1-3,5-6,8-11,13H,4,7,12H2,(H,23,25,28). The summed E-state index contributed by atoms with van der Waals surface area (Å²) in [6.45, 7) is 0.392. The molecular weight excluding hydrogens is 376 g/mol. The number of fused-ring (bicyclic) bond motifs is 1. The number of benzene rings is 1. The molecule has 3 aromatic rings. The molecule has 1 aliphatic rings. The summed E-state index contributed by atoms with van der Waals surface area (Å²) in [7, 11) is 0. The van der Waals surface area contributed by atoms with Gasteiger partial charge in [-0.15, -0.1) is 0 Å². The van der Waals surface area contributed by atoms with Crippen LogP contribution in [0.4, 0.5) is 16.4 Å². The third kappa shape index (κ3) is 3.73. The summed E-state index contributed by atoms with van der Waals surface area (Å²) in [5, 5.41) is 3.36. The molecule has 1 aliphatic heterocycles. The van der Waals surface area contributed by atoms with Crippen molar-refractivity contribution >= 4 is 35.1 Å². The van der Waals surface area contributed by atoms with Gasteiger partial charge in [0.15, 0.2) is 5.78 Å². The van der Waals surface area contributed by atoms with Gasteiger partial charge in [-0.05, 0) is 42.8 Å². The van der Waals surface area contributed by atoms with E-state index in [-0.39, 0.29) is 11.8 Å². The van der Waals surface area contributed by atoms with E-state index < -0.39 is 0 Å². The fourth-order valence-corrected chi connectivity index (χ4v) is 3.32. The lowest BCUT2D eigenvalue weighted by atomic mass is 10.1. The number of ketones is 1. The van der Waals surface area contributed by atoms with Crippen molar-refractivity contribution in [1.29, 1.82) is 0 Å². The Hall–Kier alpha value is -3.25. The maximum absolute atomic E-state index is 12.9. The van der Waals surface area contributed by atoms with Crippen LogP contribution >= 0.6 is 11.6 Å². The van der Waals surface area contributed by atoms with E-state index in [1.54, 1.807) is 48.7 Å². The summed E-state index contributed by atoms with van der Waals surface area (Å²) in [5.74, 6) is 0.775. The molecule has 0 saturated heterocycles. The lowest BCUT2D eigenvalue weighted by Gasteiger charge is -2.22. The van der Waals surface area contributed by atoms with E-state index in [9.17, 15) is 9.59 Å². The van der Waals surface area contributed by atoms with Gasteiger partial charge in [0, 0.05) is 29.7 Å². The Labute approximate surface area is 167 Å². The van der Waals surface area contributed by atoms with Crippen molar-refractivity contribution in [3.63, 3.8) is 0 Å². The minimum atomic E-state index is -0.370. The summed E-state index contributed by atoms with van der Waals surface area (Å²) in [6.07, 6.45) is 2.54. The molecule has 0 bridgehead atoms. The molecule has 2 aromatic heterocycles. The number of anilines is 2. The zero-order chi connectivity index (χ0) is 19.5. The highest BCUT2D eigenvalue weighted by Crippen LogP contribution is 2.29. The van der Waals surface area contributed by atoms with Crippen LogP contribution in [0.25, 0.3) is 11.3 Å². The number of carbonyl (C=O) groups excluding carboxylic acids is 2. The van der Waals surface area contributed by atoms with Gasteiger partial charge in [-0.25, -0.2) is 14.8 Å². The van der Waals surface area contributed by atoms with Crippen LogP contribution in [-0.2, 0) is 0 Å². The third-order valence-corrected chi connectivity index (χ3v) is 4.72. The first kappa shape index (κ1) is 18.1. The molecule has 0 fully saturated rings. The number of urea groups is 1. The molecule has 6 nitrogen and oxygen atoms in total. The van der Waals surface area contributed by atoms with Crippen LogP contribution < -0.4 is 10.2 Å². The highest BCUT2D eigenvalue weighted by Gasteiger charge is 2.27. The first-order valence-corrected chi connectivity index (χ1v) is 9.29. The van der Waals surface area contributed by atoms with Crippen molar-refractivity contribution in [3.8, 4) is 11.3 Å². The van der Waals surface area contributed by atoms with E-state index in [0.717, 1.165) is 5.56 Å². The lowest BCUT2D eigenvalue weighted by molar-refractivity contribution is 0.0983. The number of carbonyl (C=O) groups is 2. The molecule has 0 atom stereocenters. The zero-order valence-corrected chi connectivity index (χ0v) is 15.7. The molecule has 1 aromatic carbocycles. The van der Waals surface area contributed by atoms with Crippen LogP contribution in [0.3, 0.4) is 0 Å². The van der Waals surface area contributed by atoms with Gasteiger partial charge in [0.05, 0.1) is 11.3 Å². The summed E-state index contributed by atoms with van der Waals surface area (Å²) in [6, 6.07) is 15.7. The minimum absolute atomic E-state index is 0.0201. The number of hydrogen-bond acceptors (Lipinski definition) is 4. The number of nitrogens with zero attached hydrogens (tertiary/aromatic N) is 3. The van der Waals surface area contributed by atoms with Gasteiger partial charge in [-0.3, -0.25) is 15.0 Å². The number of pyridine rings is 2. The molecular formula is C21H17ClN4O2. The molecule has 3 heterocycles. The van der Waals surface area contributed by atoms with E-state index >= 15 is 0 Å². The molecule has 0 saturated carbocycles. The number of hydrogen-bond donors (Lipinski definition) is 1. The van der Waals surface area contributed by atoms with Crippen molar-refractivity contribution < 1.29 is 9.59 Å². The molecule has 0 radical (unpaired) electrons. The Balaban J connectivity index is 1.73. The number of aromatic nitrogens is 2. The quantitative estimate of drug-likeness (QED) is 0.678. The van der Waals surface area contributed by atoms with Crippen LogP contribution in [0, 0.1) is 0 Å². The average molecular weight is 393 g/mol. The Morgan fingerprint density at radius 3 is 2.79 bits per heavy atom. The molecule has 28 heavy (non-hydrogen) atoms. The smallest absolute Gasteiger partial charge is 0.294 e. The van der Waals surface area contributed by atoms with Crippen LogP contribution in [0.5, 0.6) is 0 Å². The van der Waals surface area contributed by atoms with Gasteiger partial charge >= 0.3 is 6.03 Å². The second kappa shape index (κ2) is 7.78. The first-order chi connectivity index (χ1) is 13.6. The first-order valence-electron chi connectivity index (χ1n) is 8.91. The number of rotatable bonds is 2. The monoisotopic (exact) mass is 392 g/mol. The normalized spacial score (nSPS) is 13.6. The van der Waals surface area contributed by atoms with Crippen molar-refractivity contribution in [2.24, 2.45) is 0 Å². The van der Waals surface area contributed by atoms with Gasteiger partial charge in [0.2, 0.25) is 0 Å². The van der Waals surface area contributed by atoms with Gasteiger partial charge in [0.25, 0.3) is 0 Å². The molecule has 140 valence electrons. The maximum atomic E-state index is 12.9. The number of halogens is 1. The SMILES string of the molecule is O=C1CCCN(C(=O)Nc2ccccn2)c2nc(-c3cccc(Cl)c3)ccc21. The van der Waals surface area contributed by atoms with Gasteiger partial charge in [0.1, 0.15) is 11.6 Å². The molecule has 0 aliphatic carbocycles. The predicted molar refractivity (Wildman–Crippen MR) is 109 cm³/mol. The van der Waals surface area contributed by atoms with E-state index in [2.05, 4.69) is 15.3 Å². The van der Waals surface area contributed by atoms with E-state index in [4.69, 9.17) is 11.6 Å². The summed E-state index contributed by atoms with van der Waals surface area (Å²) in [5.41, 5.74) is 1.91. The largest absolute Gasteiger partial charge is 0.328 e. The molecule has 2 amide bonds. The van der Waals surface area contributed by atoms with Gasteiger partial charge < -0.3 is 0 Å². The predicted octanol–water partition coefficient (Wildman–Crippen LogP) is 4.81. The Morgan fingerprint density at radius 1 is 1.11 bits per heavy atom. The Bertz CT molecular complexity index is 1040. The van der Waals surface area contributed by atoms with E-state index in [1.165, 1.54) is 4.90 Å². The van der Waals surface area contributed by atoms with Crippen molar-refractivity contribution in [1.82, 2.24) is 9.97 Å². The summed E-state index contributed by atoms with van der Waals surface area (Å²) < 4.78 is 0. The van der Waals surface area contributed by atoms with Gasteiger partial charge in [-0.2, -0.15) is 0 Å². The molecule has 0 unspecified atom stereocenters. The minimum Gasteiger partial charge on any atom is -0.294 e.